The smallest absolute Gasteiger partial charge is 0.406 e. The summed E-state index contributed by atoms with van der Waals surface area (Å²) in [4.78, 5) is 8.78. The van der Waals surface area contributed by atoms with Crippen molar-refractivity contribution in [1.82, 2.24) is 9.97 Å². The highest BCUT2D eigenvalue weighted by molar-refractivity contribution is 5.71. The lowest BCUT2D eigenvalue weighted by molar-refractivity contribution is -0.274. The standard InChI is InChI=1S/C21H21F3N4O/c1-12-8-13(2)19(14(3)9-12)27-18-11-17(26-20(25-4)28-18)15-6-5-7-16(10-15)29-21(22,23)24/h5-11H,1-4H3,(H2,25,26,27,28). The van der Waals surface area contributed by atoms with Gasteiger partial charge >= 0.3 is 6.36 Å². The molecule has 1 heterocycles. The summed E-state index contributed by atoms with van der Waals surface area (Å²) in [6.45, 7) is 6.03. The zero-order valence-electron chi connectivity index (χ0n) is 16.5. The van der Waals surface area contributed by atoms with Gasteiger partial charge in [-0.1, -0.05) is 29.8 Å². The highest BCUT2D eigenvalue weighted by Gasteiger charge is 2.31. The molecule has 2 aromatic carbocycles. The maximum Gasteiger partial charge on any atom is 0.573 e. The summed E-state index contributed by atoms with van der Waals surface area (Å²) in [6.07, 6.45) is -4.76. The van der Waals surface area contributed by atoms with Crippen LogP contribution in [0, 0.1) is 20.8 Å². The van der Waals surface area contributed by atoms with Crippen LogP contribution < -0.4 is 15.4 Å². The number of nitrogens with zero attached hydrogens (tertiary/aromatic N) is 2. The Hall–Kier alpha value is -3.29. The van der Waals surface area contributed by atoms with E-state index in [9.17, 15) is 13.2 Å². The normalized spacial score (nSPS) is 11.3. The van der Waals surface area contributed by atoms with Crippen LogP contribution >= 0.6 is 0 Å². The van der Waals surface area contributed by atoms with Gasteiger partial charge in [0.05, 0.1) is 5.69 Å². The van der Waals surface area contributed by atoms with Crippen LogP contribution in [0.2, 0.25) is 0 Å². The van der Waals surface area contributed by atoms with E-state index in [2.05, 4.69) is 37.5 Å². The predicted octanol–water partition coefficient (Wildman–Crippen LogP) is 5.75. The van der Waals surface area contributed by atoms with Crippen LogP contribution in [0.5, 0.6) is 5.75 Å². The van der Waals surface area contributed by atoms with E-state index in [0.29, 0.717) is 23.0 Å². The van der Waals surface area contributed by atoms with Crippen molar-refractivity contribution < 1.29 is 17.9 Å². The summed E-state index contributed by atoms with van der Waals surface area (Å²) >= 11 is 0. The zero-order chi connectivity index (χ0) is 21.2. The fourth-order valence-corrected chi connectivity index (χ4v) is 3.13. The first kappa shape index (κ1) is 20.4. The second-order valence-corrected chi connectivity index (χ2v) is 6.69. The van der Waals surface area contributed by atoms with Gasteiger partial charge in [0.15, 0.2) is 0 Å². The third-order valence-corrected chi connectivity index (χ3v) is 4.24. The summed E-state index contributed by atoms with van der Waals surface area (Å²) in [6, 6.07) is 11.5. The maximum atomic E-state index is 12.5. The van der Waals surface area contributed by atoms with Crippen molar-refractivity contribution in [1.29, 1.82) is 0 Å². The maximum absolute atomic E-state index is 12.5. The number of rotatable bonds is 5. The van der Waals surface area contributed by atoms with Crippen LogP contribution in [0.1, 0.15) is 16.7 Å². The molecule has 0 aliphatic carbocycles. The monoisotopic (exact) mass is 402 g/mol. The Morgan fingerprint density at radius 2 is 1.62 bits per heavy atom. The Bertz CT molecular complexity index is 1010. The van der Waals surface area contributed by atoms with Gasteiger partial charge in [0.1, 0.15) is 11.6 Å². The third kappa shape index (κ3) is 5.16. The van der Waals surface area contributed by atoms with E-state index in [4.69, 9.17) is 0 Å². The lowest BCUT2D eigenvalue weighted by Crippen LogP contribution is -2.17. The molecule has 0 bridgehead atoms. The van der Waals surface area contributed by atoms with E-state index in [1.807, 2.05) is 20.8 Å². The van der Waals surface area contributed by atoms with Crippen molar-refractivity contribution in [3.63, 3.8) is 0 Å². The molecule has 29 heavy (non-hydrogen) atoms. The van der Waals surface area contributed by atoms with Gasteiger partial charge in [-0.05, 0) is 44.0 Å². The van der Waals surface area contributed by atoms with Crippen molar-refractivity contribution in [2.24, 2.45) is 0 Å². The molecule has 0 unspecified atom stereocenters. The van der Waals surface area contributed by atoms with Crippen LogP contribution in [0.4, 0.5) is 30.6 Å². The number of hydrogen-bond acceptors (Lipinski definition) is 5. The van der Waals surface area contributed by atoms with Crippen LogP contribution in [-0.4, -0.2) is 23.4 Å². The third-order valence-electron chi connectivity index (χ3n) is 4.24. The SMILES string of the molecule is CNc1nc(Nc2c(C)cc(C)cc2C)cc(-c2cccc(OC(F)(F)F)c2)n1. The van der Waals surface area contributed by atoms with Gasteiger partial charge in [0.2, 0.25) is 5.95 Å². The molecule has 0 fully saturated rings. The highest BCUT2D eigenvalue weighted by atomic mass is 19.4. The van der Waals surface area contributed by atoms with Gasteiger partial charge in [-0.25, -0.2) is 4.98 Å². The number of alkyl halides is 3. The fraction of sp³-hybridized carbons (Fsp3) is 0.238. The van der Waals surface area contributed by atoms with Crippen LogP contribution in [0.25, 0.3) is 11.3 Å². The van der Waals surface area contributed by atoms with E-state index < -0.39 is 6.36 Å². The van der Waals surface area contributed by atoms with Crippen molar-refractivity contribution in [2.75, 3.05) is 17.7 Å². The highest BCUT2D eigenvalue weighted by Crippen LogP contribution is 2.30. The van der Waals surface area contributed by atoms with Crippen LogP contribution in [0.15, 0.2) is 42.5 Å². The van der Waals surface area contributed by atoms with Gasteiger partial charge in [0.25, 0.3) is 0 Å². The number of anilines is 3. The average molecular weight is 402 g/mol. The Kier molecular flexibility index (Phi) is 5.63. The summed E-state index contributed by atoms with van der Waals surface area (Å²) in [5.74, 6) is 0.561. The Morgan fingerprint density at radius 1 is 0.931 bits per heavy atom. The number of hydrogen-bond donors (Lipinski definition) is 2. The van der Waals surface area contributed by atoms with Gasteiger partial charge in [0, 0.05) is 24.4 Å². The van der Waals surface area contributed by atoms with E-state index in [0.717, 1.165) is 22.4 Å². The second-order valence-electron chi connectivity index (χ2n) is 6.69. The number of benzene rings is 2. The molecule has 8 heteroatoms. The first-order valence-electron chi connectivity index (χ1n) is 8.92. The summed E-state index contributed by atoms with van der Waals surface area (Å²) in [5.41, 5.74) is 5.15. The van der Waals surface area contributed by atoms with Crippen molar-refractivity contribution in [3.8, 4) is 17.0 Å². The van der Waals surface area contributed by atoms with Crippen molar-refractivity contribution in [2.45, 2.75) is 27.1 Å². The second kappa shape index (κ2) is 7.98. The summed E-state index contributed by atoms with van der Waals surface area (Å²) in [7, 11) is 1.68. The van der Waals surface area contributed by atoms with E-state index >= 15 is 0 Å². The van der Waals surface area contributed by atoms with Gasteiger partial charge < -0.3 is 15.4 Å². The topological polar surface area (TPSA) is 59.1 Å². The Labute approximate surface area is 167 Å². The molecule has 3 aromatic rings. The first-order chi connectivity index (χ1) is 13.6. The number of aromatic nitrogens is 2. The van der Waals surface area contributed by atoms with Gasteiger partial charge in [-0.3, -0.25) is 0 Å². The minimum atomic E-state index is -4.76. The molecular weight excluding hydrogens is 381 g/mol. The predicted molar refractivity (Wildman–Crippen MR) is 108 cm³/mol. The molecule has 0 radical (unpaired) electrons. The fourth-order valence-electron chi connectivity index (χ4n) is 3.13. The number of nitrogens with one attached hydrogen (secondary N) is 2. The van der Waals surface area contributed by atoms with Crippen molar-refractivity contribution in [3.05, 3.63) is 59.2 Å². The largest absolute Gasteiger partial charge is 0.573 e. The van der Waals surface area contributed by atoms with Gasteiger partial charge in [-0.15, -0.1) is 13.2 Å². The summed E-state index contributed by atoms with van der Waals surface area (Å²) in [5, 5.41) is 6.18. The minimum absolute atomic E-state index is 0.306. The van der Waals surface area contributed by atoms with Crippen molar-refractivity contribution >= 4 is 17.5 Å². The quantitative estimate of drug-likeness (QED) is 0.569. The number of ether oxygens (including phenoxy) is 1. The van der Waals surface area contributed by atoms with Crippen LogP contribution in [0.3, 0.4) is 0 Å². The first-order valence-corrected chi connectivity index (χ1v) is 8.92. The molecule has 5 nitrogen and oxygen atoms in total. The number of aryl methyl sites for hydroxylation is 3. The molecule has 0 saturated carbocycles. The average Bonchev–Trinajstić information content (AvgIpc) is 2.63. The van der Waals surface area contributed by atoms with Gasteiger partial charge in [-0.2, -0.15) is 4.98 Å². The Balaban J connectivity index is 1.99. The minimum Gasteiger partial charge on any atom is -0.406 e. The molecule has 2 N–H and O–H groups in total. The zero-order valence-corrected chi connectivity index (χ0v) is 16.5. The molecule has 0 saturated heterocycles. The molecule has 0 aliphatic rings. The molecule has 3 rings (SSSR count). The molecule has 0 spiro atoms. The molecular formula is C21H21F3N4O. The van der Waals surface area contributed by atoms with E-state index in [-0.39, 0.29) is 5.75 Å². The van der Waals surface area contributed by atoms with Crippen LogP contribution in [-0.2, 0) is 0 Å². The molecule has 0 amide bonds. The van der Waals surface area contributed by atoms with E-state index in [1.165, 1.54) is 18.2 Å². The molecule has 0 atom stereocenters. The lowest BCUT2D eigenvalue weighted by atomic mass is 10.1. The Morgan fingerprint density at radius 3 is 2.24 bits per heavy atom. The molecule has 1 aromatic heterocycles. The summed E-state index contributed by atoms with van der Waals surface area (Å²) < 4.78 is 41.6. The number of halogens is 3. The lowest BCUT2D eigenvalue weighted by Gasteiger charge is -2.15. The van der Waals surface area contributed by atoms with E-state index in [1.54, 1.807) is 19.2 Å². The molecule has 152 valence electrons. The molecule has 0 aliphatic heterocycles.